The first-order valence-corrected chi connectivity index (χ1v) is 9.76. The molecular formula is C20H34N4O2. The highest BCUT2D eigenvalue weighted by molar-refractivity contribution is 5.93. The molecule has 6 nitrogen and oxygen atoms in total. The predicted molar refractivity (Wildman–Crippen MR) is 104 cm³/mol. The zero-order chi connectivity index (χ0) is 19.3. The lowest BCUT2D eigenvalue weighted by Gasteiger charge is -2.30. The quantitative estimate of drug-likeness (QED) is 0.738. The lowest BCUT2D eigenvalue weighted by atomic mass is 9.77. The molecule has 1 aromatic rings. The molecule has 0 spiro atoms. The molecule has 6 heteroatoms. The van der Waals surface area contributed by atoms with Crippen molar-refractivity contribution in [1.29, 1.82) is 0 Å². The van der Waals surface area contributed by atoms with Crippen molar-refractivity contribution in [2.45, 2.75) is 78.9 Å². The van der Waals surface area contributed by atoms with E-state index in [1.807, 2.05) is 6.92 Å². The SMILES string of the molecule is CCOC1CCC(Nc2ncc(C(N)=O)c(CC(C)(C)C(C)C)n2)CC1. The second-order valence-corrected chi connectivity index (χ2v) is 8.31. The Balaban J connectivity index is 2.11. The third-order valence-corrected chi connectivity index (χ3v) is 5.73. The van der Waals surface area contributed by atoms with E-state index in [0.717, 1.165) is 38.0 Å². The van der Waals surface area contributed by atoms with Crippen LogP contribution in [0.4, 0.5) is 5.95 Å². The summed E-state index contributed by atoms with van der Waals surface area (Å²) < 4.78 is 5.71. The molecule has 1 fully saturated rings. The van der Waals surface area contributed by atoms with Gasteiger partial charge in [0.05, 0.1) is 17.4 Å². The first-order chi connectivity index (χ1) is 12.2. The van der Waals surface area contributed by atoms with Gasteiger partial charge in [-0.2, -0.15) is 0 Å². The maximum Gasteiger partial charge on any atom is 0.252 e. The third kappa shape index (κ3) is 5.40. The van der Waals surface area contributed by atoms with Crippen molar-refractivity contribution in [2.75, 3.05) is 11.9 Å². The minimum Gasteiger partial charge on any atom is -0.379 e. The summed E-state index contributed by atoms with van der Waals surface area (Å²) in [6, 6.07) is 0.345. The van der Waals surface area contributed by atoms with Crippen LogP contribution < -0.4 is 11.1 Å². The maximum atomic E-state index is 11.8. The number of nitrogens with zero attached hydrogens (tertiary/aromatic N) is 2. The molecule has 26 heavy (non-hydrogen) atoms. The lowest BCUT2D eigenvalue weighted by molar-refractivity contribution is 0.0346. The summed E-state index contributed by atoms with van der Waals surface area (Å²) in [4.78, 5) is 20.8. The molecule has 1 saturated carbocycles. The number of anilines is 1. The normalized spacial score (nSPS) is 21.0. The summed E-state index contributed by atoms with van der Waals surface area (Å²) in [7, 11) is 0. The topological polar surface area (TPSA) is 90.1 Å². The van der Waals surface area contributed by atoms with Gasteiger partial charge in [0.2, 0.25) is 5.95 Å². The number of nitrogens with one attached hydrogen (secondary N) is 1. The van der Waals surface area contributed by atoms with Gasteiger partial charge in [0.1, 0.15) is 0 Å². The molecule has 2 rings (SSSR count). The highest BCUT2D eigenvalue weighted by Gasteiger charge is 2.27. The molecule has 1 aliphatic carbocycles. The molecule has 0 aromatic carbocycles. The van der Waals surface area contributed by atoms with Crippen molar-refractivity contribution in [1.82, 2.24) is 9.97 Å². The number of amides is 1. The lowest BCUT2D eigenvalue weighted by Crippen LogP contribution is -2.31. The van der Waals surface area contributed by atoms with Gasteiger partial charge < -0.3 is 15.8 Å². The van der Waals surface area contributed by atoms with E-state index >= 15 is 0 Å². The van der Waals surface area contributed by atoms with E-state index < -0.39 is 5.91 Å². The monoisotopic (exact) mass is 362 g/mol. The van der Waals surface area contributed by atoms with E-state index in [1.54, 1.807) is 6.20 Å². The van der Waals surface area contributed by atoms with Crippen molar-refractivity contribution in [2.24, 2.45) is 17.1 Å². The third-order valence-electron chi connectivity index (χ3n) is 5.73. The number of carbonyl (C=O) groups is 1. The molecule has 0 aliphatic heterocycles. The maximum absolute atomic E-state index is 11.8. The van der Waals surface area contributed by atoms with Crippen LogP contribution in [-0.2, 0) is 11.2 Å². The Labute approximate surface area is 157 Å². The standard InChI is InChI=1S/C20H34N4O2/c1-6-26-15-9-7-14(8-10-15)23-19-22-12-16(18(21)25)17(24-19)11-20(4,5)13(2)3/h12-15H,6-11H2,1-5H3,(H2,21,25)(H,22,23,24). The van der Waals surface area contributed by atoms with Crippen molar-refractivity contribution in [3.63, 3.8) is 0 Å². The van der Waals surface area contributed by atoms with Crippen LogP contribution in [-0.4, -0.2) is 34.6 Å². The Hall–Kier alpha value is -1.69. The van der Waals surface area contributed by atoms with E-state index in [2.05, 4.69) is 43.0 Å². The van der Waals surface area contributed by atoms with Crippen LogP contribution in [0.3, 0.4) is 0 Å². The fraction of sp³-hybridized carbons (Fsp3) is 0.750. The van der Waals surface area contributed by atoms with Gasteiger partial charge >= 0.3 is 0 Å². The number of aromatic nitrogens is 2. The summed E-state index contributed by atoms with van der Waals surface area (Å²) in [5.41, 5.74) is 6.71. The van der Waals surface area contributed by atoms with Gasteiger partial charge in [-0.1, -0.05) is 27.7 Å². The second kappa shape index (κ2) is 8.80. The van der Waals surface area contributed by atoms with Crippen LogP contribution in [0.25, 0.3) is 0 Å². The Morgan fingerprint density at radius 3 is 2.54 bits per heavy atom. The van der Waals surface area contributed by atoms with Gasteiger partial charge in [-0.3, -0.25) is 4.79 Å². The molecule has 0 saturated heterocycles. The fourth-order valence-electron chi connectivity index (χ4n) is 3.26. The van der Waals surface area contributed by atoms with Crippen LogP contribution in [0.15, 0.2) is 6.20 Å². The first kappa shape index (κ1) is 20.6. The molecule has 3 N–H and O–H groups in total. The zero-order valence-electron chi connectivity index (χ0n) is 16.8. The Bertz CT molecular complexity index is 608. The van der Waals surface area contributed by atoms with Crippen molar-refractivity contribution in [3.8, 4) is 0 Å². The second-order valence-electron chi connectivity index (χ2n) is 8.31. The van der Waals surface area contributed by atoms with Crippen LogP contribution in [0.5, 0.6) is 0 Å². The summed E-state index contributed by atoms with van der Waals surface area (Å²) in [6.45, 7) is 11.6. The number of nitrogens with two attached hydrogens (primary N) is 1. The molecule has 0 bridgehead atoms. The Morgan fingerprint density at radius 2 is 2.00 bits per heavy atom. The van der Waals surface area contributed by atoms with Gasteiger partial charge in [-0.25, -0.2) is 9.97 Å². The summed E-state index contributed by atoms with van der Waals surface area (Å²) >= 11 is 0. The highest BCUT2D eigenvalue weighted by Crippen LogP contribution is 2.31. The van der Waals surface area contributed by atoms with Gasteiger partial charge in [-0.15, -0.1) is 0 Å². The molecule has 146 valence electrons. The van der Waals surface area contributed by atoms with Gasteiger partial charge in [-0.05, 0) is 50.4 Å². The van der Waals surface area contributed by atoms with Crippen LogP contribution in [0, 0.1) is 11.3 Å². The van der Waals surface area contributed by atoms with E-state index in [9.17, 15) is 4.79 Å². The van der Waals surface area contributed by atoms with Crippen molar-refractivity contribution in [3.05, 3.63) is 17.5 Å². The van der Waals surface area contributed by atoms with E-state index in [-0.39, 0.29) is 5.41 Å². The Kier molecular flexibility index (Phi) is 6.98. The number of hydrogen-bond donors (Lipinski definition) is 2. The minimum absolute atomic E-state index is 0.0192. The number of primary amides is 1. The molecule has 1 aliphatic rings. The molecule has 1 heterocycles. The number of carbonyl (C=O) groups excluding carboxylic acids is 1. The fourth-order valence-corrected chi connectivity index (χ4v) is 3.26. The summed E-state index contributed by atoms with van der Waals surface area (Å²) in [6.07, 6.45) is 6.82. The van der Waals surface area contributed by atoms with Crippen LogP contribution in [0.1, 0.15) is 76.4 Å². The van der Waals surface area contributed by atoms with Gasteiger partial charge in [0.15, 0.2) is 0 Å². The first-order valence-electron chi connectivity index (χ1n) is 9.76. The molecule has 0 radical (unpaired) electrons. The average Bonchev–Trinajstić information content (AvgIpc) is 2.56. The average molecular weight is 363 g/mol. The molecule has 0 atom stereocenters. The summed E-state index contributed by atoms with van der Waals surface area (Å²) in [5.74, 6) is 0.580. The number of hydrogen-bond acceptors (Lipinski definition) is 5. The summed E-state index contributed by atoms with van der Waals surface area (Å²) in [5, 5.41) is 3.44. The molecule has 1 aromatic heterocycles. The van der Waals surface area contributed by atoms with E-state index in [4.69, 9.17) is 10.5 Å². The smallest absolute Gasteiger partial charge is 0.252 e. The van der Waals surface area contributed by atoms with Crippen molar-refractivity contribution >= 4 is 11.9 Å². The van der Waals surface area contributed by atoms with Crippen LogP contribution >= 0.6 is 0 Å². The predicted octanol–water partition coefficient (Wildman–Crippen LogP) is 3.56. The number of ether oxygens (including phenoxy) is 1. The minimum atomic E-state index is -0.469. The van der Waals surface area contributed by atoms with E-state index in [0.29, 0.717) is 36.0 Å². The molecule has 0 unspecified atom stereocenters. The van der Waals surface area contributed by atoms with Gasteiger partial charge in [0, 0.05) is 18.8 Å². The molecular weight excluding hydrogens is 328 g/mol. The largest absolute Gasteiger partial charge is 0.379 e. The highest BCUT2D eigenvalue weighted by atomic mass is 16.5. The van der Waals surface area contributed by atoms with Gasteiger partial charge in [0.25, 0.3) is 5.91 Å². The molecule has 1 amide bonds. The zero-order valence-corrected chi connectivity index (χ0v) is 16.8. The van der Waals surface area contributed by atoms with Crippen LogP contribution in [0.2, 0.25) is 0 Å². The Morgan fingerprint density at radius 1 is 1.35 bits per heavy atom. The van der Waals surface area contributed by atoms with E-state index in [1.165, 1.54) is 0 Å². The van der Waals surface area contributed by atoms with Crippen molar-refractivity contribution < 1.29 is 9.53 Å². The number of rotatable bonds is 8.